The molecule has 1 N–H and O–H groups in total. The van der Waals surface area contributed by atoms with E-state index in [1.165, 1.54) is 57.8 Å². The van der Waals surface area contributed by atoms with E-state index in [-0.39, 0.29) is 5.54 Å². The molecule has 0 atom stereocenters. The Bertz CT molecular complexity index is 210. The first-order valence-electron chi connectivity index (χ1n) is 8.96. The quantitative estimate of drug-likeness (QED) is 0.480. The summed E-state index contributed by atoms with van der Waals surface area (Å²) in [6.07, 6.45) is 18.6. The van der Waals surface area contributed by atoms with Crippen molar-refractivity contribution in [2.24, 2.45) is 9.26 Å². The SMILES string of the molecule is CC1CC[CH-]CC1.CCC(C)(C)[N]=[Ta].CO.[CH-]1CCCCC1. The maximum absolute atomic E-state index is 7.00. The van der Waals surface area contributed by atoms with Crippen molar-refractivity contribution in [1.82, 2.24) is 0 Å². The molecule has 2 fully saturated rings. The van der Waals surface area contributed by atoms with Gasteiger partial charge < -0.3 is 17.9 Å². The molecular weight excluding hydrogens is 439 g/mol. The molecule has 0 bridgehead atoms. The van der Waals surface area contributed by atoms with Crippen LogP contribution in [0.4, 0.5) is 0 Å². The largest absolute Gasteiger partial charge is 0.400 e. The van der Waals surface area contributed by atoms with E-state index in [4.69, 9.17) is 5.11 Å². The van der Waals surface area contributed by atoms with E-state index in [1.54, 1.807) is 0 Å². The van der Waals surface area contributed by atoms with E-state index in [9.17, 15) is 0 Å². The Morgan fingerprint density at radius 3 is 1.59 bits per heavy atom. The summed E-state index contributed by atoms with van der Waals surface area (Å²) in [5.74, 6) is 1.00. The fourth-order valence-electron chi connectivity index (χ4n) is 2.06. The van der Waals surface area contributed by atoms with Crippen LogP contribution in [-0.2, 0) is 20.9 Å². The average molecular weight is 478 g/mol. The molecule has 22 heavy (non-hydrogen) atoms. The molecule has 0 spiro atoms. The summed E-state index contributed by atoms with van der Waals surface area (Å²) in [5, 5.41) is 7.00. The molecule has 0 heterocycles. The first-order chi connectivity index (χ1) is 10.5. The fraction of sp³-hybridized carbons (Fsp3) is 0.895. The smallest absolute Gasteiger partial charge is 0.0319 e. The van der Waals surface area contributed by atoms with Crippen molar-refractivity contribution >= 4 is 0 Å². The Morgan fingerprint density at radius 1 is 1.00 bits per heavy atom. The van der Waals surface area contributed by atoms with Gasteiger partial charge in [-0.1, -0.05) is 39.0 Å². The molecule has 2 nitrogen and oxygen atoms in total. The summed E-state index contributed by atoms with van der Waals surface area (Å²) >= 11 is 1.16. The zero-order valence-corrected chi connectivity index (χ0v) is 18.9. The summed E-state index contributed by atoms with van der Waals surface area (Å²) < 4.78 is 4.25. The van der Waals surface area contributed by atoms with Gasteiger partial charge in [0, 0.05) is 7.11 Å². The van der Waals surface area contributed by atoms with Gasteiger partial charge in [0.1, 0.15) is 0 Å². The van der Waals surface area contributed by atoms with E-state index < -0.39 is 0 Å². The molecule has 0 amide bonds. The Hall–Kier alpha value is 0.500. The van der Waals surface area contributed by atoms with Crippen LogP contribution in [0.2, 0.25) is 0 Å². The van der Waals surface area contributed by atoms with Gasteiger partial charge in [0.25, 0.3) is 0 Å². The second kappa shape index (κ2) is 17.8. The zero-order valence-electron chi connectivity index (χ0n) is 15.6. The van der Waals surface area contributed by atoms with Gasteiger partial charge in [-0.2, -0.15) is 25.7 Å². The predicted molar refractivity (Wildman–Crippen MR) is 94.3 cm³/mol. The molecule has 2 saturated carbocycles. The van der Waals surface area contributed by atoms with Crippen LogP contribution in [0.15, 0.2) is 3.34 Å². The first kappa shape index (κ1) is 24.7. The normalized spacial score (nSPS) is 18.4. The first-order valence-corrected chi connectivity index (χ1v) is 10.4. The summed E-state index contributed by atoms with van der Waals surface area (Å²) in [4.78, 5) is 0. The molecule has 2 rings (SSSR count). The monoisotopic (exact) mass is 478 g/mol. The average Bonchev–Trinajstić information content (AvgIpc) is 2.60. The standard InChI is InChI=1S/C7H13.C6H11.C5H11N.CH4O.Ta/c1-7-5-3-2-4-6-7;1-2-4-6-5-3-1;1-4-5(2,3)6;1-2;/h2,7H,3-6H2,1H3;1H,2-6H2;4H2,1-3H3;2H,1H3;/q2*-1;;;. The predicted octanol–water partition coefficient (Wildman–Crippen LogP) is 6.07. The minimum absolute atomic E-state index is 0.258. The van der Waals surface area contributed by atoms with E-state index in [1.807, 2.05) is 0 Å². The van der Waals surface area contributed by atoms with E-state index in [0.29, 0.717) is 0 Å². The van der Waals surface area contributed by atoms with Gasteiger partial charge in [-0.3, -0.25) is 0 Å². The van der Waals surface area contributed by atoms with Crippen molar-refractivity contribution in [3.8, 4) is 0 Å². The molecule has 0 aliphatic heterocycles. The van der Waals surface area contributed by atoms with Crippen molar-refractivity contribution < 1.29 is 26.0 Å². The van der Waals surface area contributed by atoms with Crippen LogP contribution in [0.5, 0.6) is 0 Å². The van der Waals surface area contributed by atoms with Crippen LogP contribution in [-0.4, -0.2) is 17.8 Å². The summed E-state index contributed by atoms with van der Waals surface area (Å²) in [6.45, 7) is 8.82. The maximum Gasteiger partial charge on any atom is 0.0319 e. The Balaban J connectivity index is 0. The topological polar surface area (TPSA) is 32.6 Å². The van der Waals surface area contributed by atoms with Gasteiger partial charge in [0.2, 0.25) is 0 Å². The number of rotatable bonds is 2. The number of hydrogen-bond acceptors (Lipinski definition) is 2. The number of aliphatic hydroxyl groups excluding tert-OH is 1. The minimum Gasteiger partial charge on any atom is -0.400 e. The second-order valence-electron chi connectivity index (χ2n) is 6.74. The van der Waals surface area contributed by atoms with Crippen LogP contribution in [0.3, 0.4) is 0 Å². The van der Waals surface area contributed by atoms with Crippen LogP contribution in [0.25, 0.3) is 0 Å². The molecule has 133 valence electrons. The van der Waals surface area contributed by atoms with Crippen LogP contribution < -0.4 is 0 Å². The van der Waals surface area contributed by atoms with Crippen molar-refractivity contribution in [3.63, 3.8) is 0 Å². The third-order valence-electron chi connectivity index (χ3n) is 4.18. The van der Waals surface area contributed by atoms with Gasteiger partial charge in [-0.15, -0.1) is 0 Å². The molecule has 2 aliphatic carbocycles. The third-order valence-corrected chi connectivity index (χ3v) is 6.12. The molecule has 0 aromatic rings. The zero-order chi connectivity index (χ0) is 17.3. The molecule has 0 radical (unpaired) electrons. The molecule has 0 aromatic heterocycles. The van der Waals surface area contributed by atoms with Crippen molar-refractivity contribution in [1.29, 1.82) is 0 Å². The van der Waals surface area contributed by atoms with E-state index in [0.717, 1.165) is 40.3 Å². The van der Waals surface area contributed by atoms with Gasteiger partial charge in [-0.25, -0.2) is 0 Å². The van der Waals surface area contributed by atoms with Crippen molar-refractivity contribution in [2.45, 2.75) is 97.4 Å². The van der Waals surface area contributed by atoms with Crippen LogP contribution >= 0.6 is 0 Å². The second-order valence-corrected chi connectivity index (χ2v) is 7.46. The molecule has 0 aromatic carbocycles. The Labute approximate surface area is 152 Å². The van der Waals surface area contributed by atoms with Crippen molar-refractivity contribution in [3.05, 3.63) is 12.8 Å². The van der Waals surface area contributed by atoms with Gasteiger partial charge in [-0.05, 0) is 5.92 Å². The van der Waals surface area contributed by atoms with Crippen LogP contribution in [0, 0.1) is 18.8 Å². The Kier molecular flexibility index (Phi) is 20.1. The van der Waals surface area contributed by atoms with Gasteiger partial charge in [0.05, 0.1) is 0 Å². The summed E-state index contributed by atoms with van der Waals surface area (Å²) in [7, 11) is 1.00. The molecule has 2 aliphatic rings. The van der Waals surface area contributed by atoms with Gasteiger partial charge in [0.15, 0.2) is 0 Å². The van der Waals surface area contributed by atoms with Crippen molar-refractivity contribution in [2.75, 3.05) is 7.11 Å². The summed E-state index contributed by atoms with van der Waals surface area (Å²) in [5.41, 5.74) is 0.258. The molecule has 0 unspecified atom stereocenters. The van der Waals surface area contributed by atoms with E-state index in [2.05, 4.69) is 43.9 Å². The maximum atomic E-state index is 7.00. The Morgan fingerprint density at radius 2 is 1.45 bits per heavy atom. The number of aliphatic hydroxyl groups is 1. The number of hydrogen-bond donors (Lipinski definition) is 1. The third kappa shape index (κ3) is 18.5. The summed E-state index contributed by atoms with van der Waals surface area (Å²) in [6, 6.07) is 0. The molecular formula is C19H39NOTa-2. The number of nitrogens with zero attached hydrogens (tertiary/aromatic N) is 1. The minimum atomic E-state index is 0.258. The van der Waals surface area contributed by atoms with Crippen LogP contribution in [0.1, 0.15) is 91.9 Å². The molecule has 0 saturated heterocycles. The van der Waals surface area contributed by atoms with Gasteiger partial charge >= 0.3 is 57.0 Å². The molecule has 3 heteroatoms. The fourth-order valence-corrected chi connectivity index (χ4v) is 2.57. The van der Waals surface area contributed by atoms with E-state index >= 15 is 0 Å².